The molecule has 3 heteroatoms. The van der Waals surface area contributed by atoms with Crippen LogP contribution >= 0.6 is 0 Å². The lowest BCUT2D eigenvalue weighted by Crippen LogP contribution is -2.33. The van der Waals surface area contributed by atoms with Crippen molar-refractivity contribution >= 4 is 5.97 Å². The Bertz CT molecular complexity index is 486. The van der Waals surface area contributed by atoms with Crippen LogP contribution in [0.1, 0.15) is 63.5 Å². The number of fused-ring (bicyclic) bond motifs is 1. The van der Waals surface area contributed by atoms with Gasteiger partial charge in [0, 0.05) is 12.0 Å². The Labute approximate surface area is 126 Å². The highest BCUT2D eigenvalue weighted by molar-refractivity contribution is 5.83. The molecule has 0 bridgehead atoms. The number of rotatable bonds is 7. The Kier molecular flexibility index (Phi) is 5.38. The van der Waals surface area contributed by atoms with Gasteiger partial charge in [-0.1, -0.05) is 50.5 Å². The molecule has 0 aromatic heterocycles. The molecule has 0 heterocycles. The average molecular weight is 292 g/mol. The normalized spacial score (nSPS) is 21.9. The molecular weight excluding hydrogens is 267 g/mol. The third-order valence-electron chi connectivity index (χ3n) is 4.28. The average Bonchev–Trinajstić information content (AvgIpc) is 2.83. The quantitative estimate of drug-likeness (QED) is 0.538. The molecule has 0 N–H and O–H groups in total. The lowest BCUT2D eigenvalue weighted by atomic mass is 9.98. The number of halogens is 1. The Balaban J connectivity index is 1.91. The second-order valence-electron chi connectivity index (χ2n) is 6.02. The zero-order chi connectivity index (χ0) is 15.3. The predicted molar refractivity (Wildman–Crippen MR) is 81.9 cm³/mol. The van der Waals surface area contributed by atoms with E-state index >= 15 is 4.39 Å². The molecule has 0 spiro atoms. The van der Waals surface area contributed by atoms with Gasteiger partial charge in [-0.25, -0.2) is 9.18 Å². The molecule has 2 rings (SSSR count). The molecule has 1 aliphatic carbocycles. The molecule has 1 aromatic rings. The van der Waals surface area contributed by atoms with E-state index in [1.54, 1.807) is 12.1 Å². The van der Waals surface area contributed by atoms with Crippen LogP contribution in [-0.4, -0.2) is 12.1 Å². The number of hydrogen-bond acceptors (Lipinski definition) is 2. The second-order valence-corrected chi connectivity index (χ2v) is 6.02. The fourth-order valence-electron chi connectivity index (χ4n) is 2.97. The summed E-state index contributed by atoms with van der Waals surface area (Å²) in [5, 5.41) is 0. The number of aryl methyl sites for hydroxylation is 1. The van der Waals surface area contributed by atoms with E-state index in [4.69, 9.17) is 4.74 Å². The van der Waals surface area contributed by atoms with Gasteiger partial charge in [-0.3, -0.25) is 0 Å². The molecule has 21 heavy (non-hydrogen) atoms. The molecule has 2 nitrogen and oxygen atoms in total. The minimum absolute atomic E-state index is 0.202. The third kappa shape index (κ3) is 3.63. The number of benzene rings is 1. The van der Waals surface area contributed by atoms with Crippen LogP contribution in [0.3, 0.4) is 0 Å². The number of esters is 1. The van der Waals surface area contributed by atoms with Gasteiger partial charge in [0.2, 0.25) is 5.67 Å². The molecule has 0 saturated carbocycles. The first-order chi connectivity index (χ1) is 10.1. The summed E-state index contributed by atoms with van der Waals surface area (Å²) >= 11 is 0. The van der Waals surface area contributed by atoms with Gasteiger partial charge in [0.15, 0.2) is 0 Å². The summed E-state index contributed by atoms with van der Waals surface area (Å²) in [6, 6.07) is 7.25. The van der Waals surface area contributed by atoms with E-state index in [1.165, 1.54) is 12.8 Å². The van der Waals surface area contributed by atoms with E-state index in [0.29, 0.717) is 12.0 Å². The van der Waals surface area contributed by atoms with Crippen molar-refractivity contribution in [3.05, 3.63) is 35.4 Å². The van der Waals surface area contributed by atoms with Gasteiger partial charge in [0.25, 0.3) is 0 Å². The predicted octanol–water partition coefficient (Wildman–Crippen LogP) is 4.70. The fourth-order valence-corrected chi connectivity index (χ4v) is 2.97. The molecule has 2 atom stereocenters. The molecule has 0 saturated heterocycles. The summed E-state index contributed by atoms with van der Waals surface area (Å²) in [5.74, 6) is -0.713. The van der Waals surface area contributed by atoms with Crippen molar-refractivity contribution in [1.82, 2.24) is 0 Å². The van der Waals surface area contributed by atoms with Gasteiger partial charge in [-0.05, 0) is 31.7 Å². The number of alkyl halides is 1. The maximum Gasteiger partial charge on any atom is 0.348 e. The zero-order valence-electron chi connectivity index (χ0n) is 13.0. The van der Waals surface area contributed by atoms with Crippen molar-refractivity contribution < 1.29 is 13.9 Å². The van der Waals surface area contributed by atoms with Gasteiger partial charge < -0.3 is 4.74 Å². The van der Waals surface area contributed by atoms with Crippen LogP contribution in [0.5, 0.6) is 0 Å². The highest BCUT2D eigenvalue weighted by atomic mass is 19.1. The smallest absolute Gasteiger partial charge is 0.348 e. The molecule has 0 aliphatic heterocycles. The van der Waals surface area contributed by atoms with Crippen molar-refractivity contribution in [2.75, 3.05) is 0 Å². The number of carbonyl (C=O) groups excluding carboxylic acids is 1. The lowest BCUT2D eigenvalue weighted by molar-refractivity contribution is -0.163. The molecule has 1 aromatic carbocycles. The first-order valence-electron chi connectivity index (χ1n) is 8.06. The first-order valence-corrected chi connectivity index (χ1v) is 8.06. The molecule has 116 valence electrons. The Morgan fingerprint density at radius 1 is 1.33 bits per heavy atom. The van der Waals surface area contributed by atoms with Crippen molar-refractivity contribution in [2.45, 2.75) is 70.6 Å². The number of ether oxygens (including phenoxy) is 1. The Hall–Kier alpha value is -1.38. The van der Waals surface area contributed by atoms with Gasteiger partial charge in [-0.15, -0.1) is 0 Å². The van der Waals surface area contributed by atoms with Crippen LogP contribution in [0.15, 0.2) is 24.3 Å². The van der Waals surface area contributed by atoms with Gasteiger partial charge in [-0.2, -0.15) is 0 Å². The highest BCUT2D eigenvalue weighted by Gasteiger charge is 2.47. The maximum absolute atomic E-state index is 15.0. The van der Waals surface area contributed by atoms with E-state index in [-0.39, 0.29) is 12.5 Å². The van der Waals surface area contributed by atoms with Crippen LogP contribution in [0.2, 0.25) is 0 Å². The SMILES string of the molecule is CCCCCC[C@@H](C)OC(=O)C1(F)CCc2ccccc21. The van der Waals surface area contributed by atoms with E-state index in [1.807, 2.05) is 19.1 Å². The summed E-state index contributed by atoms with van der Waals surface area (Å²) in [4.78, 5) is 12.2. The van der Waals surface area contributed by atoms with Gasteiger partial charge >= 0.3 is 5.97 Å². The topological polar surface area (TPSA) is 26.3 Å². The maximum atomic E-state index is 15.0. The Morgan fingerprint density at radius 2 is 2.10 bits per heavy atom. The van der Waals surface area contributed by atoms with Crippen LogP contribution in [0, 0.1) is 0 Å². The summed E-state index contributed by atoms with van der Waals surface area (Å²) < 4.78 is 20.4. The number of hydrogen-bond donors (Lipinski definition) is 0. The standard InChI is InChI=1S/C18H25FO2/c1-3-4-5-6-9-14(2)21-17(20)18(19)13-12-15-10-7-8-11-16(15)18/h7-8,10-11,14H,3-6,9,12-13H2,1-2H3/t14-,18?/m1/s1. The number of unbranched alkanes of at least 4 members (excludes halogenated alkanes) is 3. The molecule has 1 unspecified atom stereocenters. The van der Waals surface area contributed by atoms with Crippen molar-refractivity contribution in [3.8, 4) is 0 Å². The third-order valence-corrected chi connectivity index (χ3v) is 4.28. The van der Waals surface area contributed by atoms with Crippen LogP contribution in [-0.2, 0) is 21.6 Å². The zero-order valence-corrected chi connectivity index (χ0v) is 13.0. The first kappa shape index (κ1) is 16.0. The van der Waals surface area contributed by atoms with E-state index in [9.17, 15) is 4.79 Å². The van der Waals surface area contributed by atoms with E-state index in [0.717, 1.165) is 24.8 Å². The summed E-state index contributed by atoms with van der Waals surface area (Å²) in [6.07, 6.45) is 5.94. The molecular formula is C18H25FO2. The molecule has 1 aliphatic rings. The second kappa shape index (κ2) is 7.06. The minimum Gasteiger partial charge on any atom is -0.460 e. The fraction of sp³-hybridized carbons (Fsp3) is 0.611. The van der Waals surface area contributed by atoms with E-state index < -0.39 is 11.6 Å². The monoisotopic (exact) mass is 292 g/mol. The van der Waals surface area contributed by atoms with Gasteiger partial charge in [0.1, 0.15) is 0 Å². The summed E-state index contributed by atoms with van der Waals surface area (Å²) in [6.45, 7) is 4.02. The largest absolute Gasteiger partial charge is 0.460 e. The van der Waals surface area contributed by atoms with Crippen LogP contribution < -0.4 is 0 Å². The highest BCUT2D eigenvalue weighted by Crippen LogP contribution is 2.41. The molecule has 0 amide bonds. The summed E-state index contributed by atoms with van der Waals surface area (Å²) in [5.41, 5.74) is -0.533. The van der Waals surface area contributed by atoms with Crippen LogP contribution in [0.25, 0.3) is 0 Å². The number of carbonyl (C=O) groups is 1. The lowest BCUT2D eigenvalue weighted by Gasteiger charge is -2.22. The van der Waals surface area contributed by atoms with E-state index in [2.05, 4.69) is 6.92 Å². The Morgan fingerprint density at radius 3 is 2.86 bits per heavy atom. The van der Waals surface area contributed by atoms with Crippen molar-refractivity contribution in [1.29, 1.82) is 0 Å². The molecule has 0 radical (unpaired) electrons. The summed E-state index contributed by atoms with van der Waals surface area (Å²) in [7, 11) is 0. The van der Waals surface area contributed by atoms with Crippen LogP contribution in [0.4, 0.5) is 4.39 Å². The van der Waals surface area contributed by atoms with Crippen molar-refractivity contribution in [2.24, 2.45) is 0 Å². The van der Waals surface area contributed by atoms with Gasteiger partial charge in [0.05, 0.1) is 6.10 Å². The van der Waals surface area contributed by atoms with Crippen molar-refractivity contribution in [3.63, 3.8) is 0 Å². The molecule has 0 fully saturated rings. The minimum atomic E-state index is -1.95.